The average molecular weight is 299 g/mol. The first-order chi connectivity index (χ1) is 10.7. The van der Waals surface area contributed by atoms with Crippen LogP contribution < -0.4 is 10.6 Å². The molecule has 2 N–H and O–H groups in total. The summed E-state index contributed by atoms with van der Waals surface area (Å²) < 4.78 is 4.96. The molecule has 0 radical (unpaired) electrons. The van der Waals surface area contributed by atoms with E-state index in [1.54, 1.807) is 19.4 Å². The average Bonchev–Trinajstić information content (AvgIpc) is 2.55. The number of aryl methyl sites for hydroxylation is 1. The van der Waals surface area contributed by atoms with E-state index >= 15 is 0 Å². The zero-order valence-corrected chi connectivity index (χ0v) is 12.9. The van der Waals surface area contributed by atoms with E-state index in [0.29, 0.717) is 25.4 Å². The molecule has 2 aromatic rings. The quantitative estimate of drug-likeness (QED) is 0.771. The monoisotopic (exact) mass is 299 g/mol. The summed E-state index contributed by atoms with van der Waals surface area (Å²) in [5.74, 6) is -0.177. The molecule has 0 fully saturated rings. The maximum atomic E-state index is 12.0. The summed E-state index contributed by atoms with van der Waals surface area (Å²) in [5, 5.41) is 6.02. The van der Waals surface area contributed by atoms with Crippen LogP contribution in [0.5, 0.6) is 0 Å². The van der Waals surface area contributed by atoms with E-state index in [4.69, 9.17) is 4.74 Å². The molecule has 1 aromatic carbocycles. The lowest BCUT2D eigenvalue weighted by atomic mass is 10.1. The molecule has 1 amide bonds. The zero-order chi connectivity index (χ0) is 15.8. The summed E-state index contributed by atoms with van der Waals surface area (Å²) in [6.07, 6.45) is 1.65. The minimum atomic E-state index is -0.177. The van der Waals surface area contributed by atoms with Gasteiger partial charge in [0.05, 0.1) is 18.5 Å². The summed E-state index contributed by atoms with van der Waals surface area (Å²) in [7, 11) is 1.65. The van der Waals surface area contributed by atoms with Crippen molar-refractivity contribution in [2.75, 3.05) is 25.6 Å². The molecule has 0 aliphatic carbocycles. The molecule has 116 valence electrons. The van der Waals surface area contributed by atoms with Crippen LogP contribution in [0.1, 0.15) is 21.6 Å². The first-order valence-corrected chi connectivity index (χ1v) is 7.21. The molecule has 22 heavy (non-hydrogen) atoms. The van der Waals surface area contributed by atoms with E-state index in [-0.39, 0.29) is 5.91 Å². The molecule has 0 aliphatic rings. The molecule has 2 rings (SSSR count). The van der Waals surface area contributed by atoms with Crippen LogP contribution in [0.2, 0.25) is 0 Å². The highest BCUT2D eigenvalue weighted by molar-refractivity contribution is 5.92. The molecule has 0 bridgehead atoms. The van der Waals surface area contributed by atoms with Crippen LogP contribution in [0, 0.1) is 6.92 Å². The minimum Gasteiger partial charge on any atom is -0.383 e. The minimum absolute atomic E-state index is 0.177. The second kappa shape index (κ2) is 8.14. The lowest BCUT2D eigenvalue weighted by Crippen LogP contribution is -2.23. The molecule has 5 nitrogen and oxygen atoms in total. The fraction of sp³-hybridized carbons (Fsp3) is 0.294. The smallest absolute Gasteiger partial charge is 0.270 e. The van der Waals surface area contributed by atoms with Crippen molar-refractivity contribution in [3.05, 3.63) is 59.4 Å². The van der Waals surface area contributed by atoms with Crippen LogP contribution in [-0.2, 0) is 11.3 Å². The second-order valence-corrected chi connectivity index (χ2v) is 5.02. The summed E-state index contributed by atoms with van der Waals surface area (Å²) in [4.78, 5) is 16.2. The van der Waals surface area contributed by atoms with Crippen molar-refractivity contribution in [1.82, 2.24) is 10.3 Å². The lowest BCUT2D eigenvalue weighted by molar-refractivity contribution is 0.0946. The Bertz CT molecular complexity index is 594. The van der Waals surface area contributed by atoms with E-state index in [1.165, 1.54) is 5.56 Å². The van der Waals surface area contributed by atoms with Gasteiger partial charge in [0.2, 0.25) is 0 Å². The van der Waals surface area contributed by atoms with Crippen LogP contribution in [-0.4, -0.2) is 31.2 Å². The van der Waals surface area contributed by atoms with Crippen molar-refractivity contribution in [2.45, 2.75) is 13.5 Å². The Hall–Kier alpha value is -2.40. The topological polar surface area (TPSA) is 63.2 Å². The Morgan fingerprint density at radius 3 is 2.59 bits per heavy atom. The third-order valence-corrected chi connectivity index (χ3v) is 3.21. The van der Waals surface area contributed by atoms with Gasteiger partial charge in [-0.25, -0.2) is 4.98 Å². The van der Waals surface area contributed by atoms with Gasteiger partial charge >= 0.3 is 0 Å². The van der Waals surface area contributed by atoms with Gasteiger partial charge in [-0.1, -0.05) is 29.8 Å². The van der Waals surface area contributed by atoms with Gasteiger partial charge < -0.3 is 15.4 Å². The number of hydrogen-bond donors (Lipinski definition) is 2. The van der Waals surface area contributed by atoms with Crippen molar-refractivity contribution < 1.29 is 9.53 Å². The fourth-order valence-electron chi connectivity index (χ4n) is 1.91. The third-order valence-electron chi connectivity index (χ3n) is 3.21. The summed E-state index contributed by atoms with van der Waals surface area (Å²) >= 11 is 0. The number of amides is 1. The number of hydrogen-bond acceptors (Lipinski definition) is 4. The SMILES string of the molecule is COCCNc1ccc(C(=O)NCc2ccc(C)cc2)nc1. The molecule has 0 aliphatic heterocycles. The first-order valence-electron chi connectivity index (χ1n) is 7.21. The largest absolute Gasteiger partial charge is 0.383 e. The molecule has 0 saturated carbocycles. The van der Waals surface area contributed by atoms with E-state index in [1.807, 2.05) is 37.3 Å². The predicted octanol–water partition coefficient (Wildman–Crippen LogP) is 2.38. The summed E-state index contributed by atoms with van der Waals surface area (Å²) in [6.45, 7) is 3.86. The Kier molecular flexibility index (Phi) is 5.91. The number of nitrogens with zero attached hydrogens (tertiary/aromatic N) is 1. The van der Waals surface area contributed by atoms with Crippen LogP contribution >= 0.6 is 0 Å². The summed E-state index contributed by atoms with van der Waals surface area (Å²) in [5.41, 5.74) is 3.54. The normalized spacial score (nSPS) is 10.3. The van der Waals surface area contributed by atoms with Crippen LogP contribution in [0.25, 0.3) is 0 Å². The summed E-state index contributed by atoms with van der Waals surface area (Å²) in [6, 6.07) is 11.6. The standard InChI is InChI=1S/C17H21N3O2/c1-13-3-5-14(6-4-13)11-20-17(21)16-8-7-15(12-19-16)18-9-10-22-2/h3-8,12,18H,9-11H2,1-2H3,(H,20,21). The number of nitrogens with one attached hydrogen (secondary N) is 2. The number of carbonyl (C=O) groups is 1. The number of anilines is 1. The number of methoxy groups -OCH3 is 1. The Morgan fingerprint density at radius 2 is 1.95 bits per heavy atom. The number of ether oxygens (including phenoxy) is 1. The molecule has 5 heteroatoms. The van der Waals surface area contributed by atoms with Gasteiger partial charge in [0.15, 0.2) is 0 Å². The van der Waals surface area contributed by atoms with Gasteiger partial charge in [-0.3, -0.25) is 4.79 Å². The molecule has 0 spiro atoms. The van der Waals surface area contributed by atoms with E-state index in [9.17, 15) is 4.79 Å². The number of aromatic nitrogens is 1. The van der Waals surface area contributed by atoms with Gasteiger partial charge in [-0.2, -0.15) is 0 Å². The van der Waals surface area contributed by atoms with Gasteiger partial charge in [-0.15, -0.1) is 0 Å². The lowest BCUT2D eigenvalue weighted by Gasteiger charge is -2.07. The van der Waals surface area contributed by atoms with Gasteiger partial charge in [0.25, 0.3) is 5.91 Å². The Morgan fingerprint density at radius 1 is 1.18 bits per heavy atom. The predicted molar refractivity (Wildman–Crippen MR) is 87.0 cm³/mol. The number of benzene rings is 1. The molecular weight excluding hydrogens is 278 g/mol. The van der Waals surface area contributed by atoms with Crippen LogP contribution in [0.3, 0.4) is 0 Å². The van der Waals surface area contributed by atoms with Crippen molar-refractivity contribution in [3.63, 3.8) is 0 Å². The third kappa shape index (κ3) is 4.86. The number of carbonyl (C=O) groups excluding carboxylic acids is 1. The maximum Gasteiger partial charge on any atom is 0.270 e. The van der Waals surface area contributed by atoms with E-state index in [0.717, 1.165) is 11.3 Å². The van der Waals surface area contributed by atoms with Gasteiger partial charge in [0.1, 0.15) is 5.69 Å². The highest BCUT2D eigenvalue weighted by Gasteiger charge is 2.06. The van der Waals surface area contributed by atoms with Crippen LogP contribution in [0.15, 0.2) is 42.6 Å². The van der Waals surface area contributed by atoms with Crippen molar-refractivity contribution in [3.8, 4) is 0 Å². The van der Waals surface area contributed by atoms with Crippen molar-refractivity contribution in [1.29, 1.82) is 0 Å². The number of rotatable bonds is 7. The highest BCUT2D eigenvalue weighted by atomic mass is 16.5. The molecule has 0 saturated heterocycles. The molecule has 1 aromatic heterocycles. The van der Waals surface area contributed by atoms with E-state index in [2.05, 4.69) is 15.6 Å². The van der Waals surface area contributed by atoms with Crippen LogP contribution in [0.4, 0.5) is 5.69 Å². The van der Waals surface area contributed by atoms with Crippen molar-refractivity contribution in [2.24, 2.45) is 0 Å². The Labute approximate surface area is 130 Å². The first kappa shape index (κ1) is 16.0. The fourth-order valence-corrected chi connectivity index (χ4v) is 1.91. The Balaban J connectivity index is 1.85. The van der Waals surface area contributed by atoms with E-state index < -0.39 is 0 Å². The highest BCUT2D eigenvalue weighted by Crippen LogP contribution is 2.07. The zero-order valence-electron chi connectivity index (χ0n) is 12.9. The number of pyridine rings is 1. The maximum absolute atomic E-state index is 12.0. The second-order valence-electron chi connectivity index (χ2n) is 5.02. The van der Waals surface area contributed by atoms with Gasteiger partial charge in [-0.05, 0) is 24.6 Å². The molecule has 0 atom stereocenters. The molecular formula is C17H21N3O2. The molecule has 1 heterocycles. The van der Waals surface area contributed by atoms with Gasteiger partial charge in [0, 0.05) is 20.2 Å². The molecule has 0 unspecified atom stereocenters. The van der Waals surface area contributed by atoms with Crippen molar-refractivity contribution >= 4 is 11.6 Å².